The lowest BCUT2D eigenvalue weighted by molar-refractivity contribution is -0.131. The molecule has 0 aromatic heterocycles. The van der Waals surface area contributed by atoms with Gasteiger partial charge in [0.15, 0.2) is 0 Å². The molecule has 1 amide bonds. The molecule has 1 aliphatic carbocycles. The molecule has 2 aliphatic rings. The Hall–Kier alpha value is -2.36. The molecule has 1 aromatic carbocycles. The van der Waals surface area contributed by atoms with Crippen LogP contribution in [0, 0.1) is 5.92 Å². The van der Waals surface area contributed by atoms with E-state index in [9.17, 15) is 9.59 Å². The molecule has 0 unspecified atom stereocenters. The van der Waals surface area contributed by atoms with Gasteiger partial charge in [-0.1, -0.05) is 45.1 Å². The Morgan fingerprint density at radius 1 is 1.29 bits per heavy atom. The average molecular weight is 382 g/mol. The fourth-order valence-electron chi connectivity index (χ4n) is 4.42. The monoisotopic (exact) mass is 381 g/mol. The second kappa shape index (κ2) is 6.91. The highest BCUT2D eigenvalue weighted by atomic mass is 16.4. The standard InChI is InChI=1S/C24H31NO3/c1-15(2)25-20-10-9-17(12-19(20)23(4,5)14-21(25)26)24(6)13-18(24)8-7-16(3)11-22(27)28/h7-12,15,18H,13-14H2,1-6H3,(H,27,28)/t18-,24-/m1/s1. The number of anilines is 1. The van der Waals surface area contributed by atoms with E-state index in [2.05, 4.69) is 58.9 Å². The smallest absolute Gasteiger partial charge is 0.328 e. The van der Waals surface area contributed by atoms with Crippen LogP contribution in [-0.2, 0) is 20.4 Å². The van der Waals surface area contributed by atoms with Gasteiger partial charge >= 0.3 is 5.97 Å². The number of hydrogen-bond donors (Lipinski definition) is 1. The van der Waals surface area contributed by atoms with Gasteiger partial charge in [-0.15, -0.1) is 0 Å². The van der Waals surface area contributed by atoms with Crippen molar-refractivity contribution in [3.05, 3.63) is 53.1 Å². The van der Waals surface area contributed by atoms with Crippen LogP contribution in [0.2, 0.25) is 0 Å². The molecule has 0 radical (unpaired) electrons. The fourth-order valence-corrected chi connectivity index (χ4v) is 4.42. The van der Waals surface area contributed by atoms with Crippen molar-refractivity contribution in [2.75, 3.05) is 4.90 Å². The first-order valence-electron chi connectivity index (χ1n) is 10.0. The van der Waals surface area contributed by atoms with Crippen LogP contribution in [0.15, 0.2) is 42.0 Å². The molecule has 1 aromatic rings. The van der Waals surface area contributed by atoms with E-state index in [1.54, 1.807) is 0 Å². The van der Waals surface area contributed by atoms with Crippen molar-refractivity contribution in [2.24, 2.45) is 5.92 Å². The molecule has 1 heterocycles. The molecule has 1 fully saturated rings. The van der Waals surface area contributed by atoms with Gasteiger partial charge in [-0.25, -0.2) is 4.79 Å². The van der Waals surface area contributed by atoms with E-state index in [-0.39, 0.29) is 22.8 Å². The van der Waals surface area contributed by atoms with E-state index in [0.29, 0.717) is 12.3 Å². The Morgan fingerprint density at radius 2 is 1.96 bits per heavy atom. The van der Waals surface area contributed by atoms with Crippen molar-refractivity contribution in [1.82, 2.24) is 0 Å². The lowest BCUT2D eigenvalue weighted by Crippen LogP contribution is -2.45. The van der Waals surface area contributed by atoms with Crippen LogP contribution in [-0.4, -0.2) is 23.0 Å². The van der Waals surface area contributed by atoms with Gasteiger partial charge in [0.1, 0.15) is 0 Å². The molecule has 1 aliphatic heterocycles. The molecule has 4 heteroatoms. The second-order valence-electron chi connectivity index (χ2n) is 9.46. The Morgan fingerprint density at radius 3 is 2.57 bits per heavy atom. The minimum Gasteiger partial charge on any atom is -0.478 e. The number of carbonyl (C=O) groups is 2. The van der Waals surface area contributed by atoms with Crippen LogP contribution in [0.1, 0.15) is 65.5 Å². The lowest BCUT2D eigenvalue weighted by atomic mass is 9.75. The lowest BCUT2D eigenvalue weighted by Gasteiger charge is -2.41. The summed E-state index contributed by atoms with van der Waals surface area (Å²) in [4.78, 5) is 25.4. The van der Waals surface area contributed by atoms with Crippen molar-refractivity contribution in [2.45, 2.75) is 71.3 Å². The van der Waals surface area contributed by atoms with E-state index in [4.69, 9.17) is 5.11 Å². The number of hydrogen-bond acceptors (Lipinski definition) is 2. The number of amides is 1. The molecule has 150 valence electrons. The van der Waals surface area contributed by atoms with Gasteiger partial charge in [0.05, 0.1) is 0 Å². The van der Waals surface area contributed by atoms with Crippen molar-refractivity contribution in [3.63, 3.8) is 0 Å². The van der Waals surface area contributed by atoms with Crippen LogP contribution in [0.5, 0.6) is 0 Å². The summed E-state index contributed by atoms with van der Waals surface area (Å²) in [5.74, 6) is -0.321. The summed E-state index contributed by atoms with van der Waals surface area (Å²) in [6, 6.07) is 6.72. The molecular weight excluding hydrogens is 350 g/mol. The van der Waals surface area contributed by atoms with Gasteiger partial charge in [-0.2, -0.15) is 0 Å². The normalized spacial score (nSPS) is 26.7. The van der Waals surface area contributed by atoms with Crippen molar-refractivity contribution < 1.29 is 14.7 Å². The minimum absolute atomic E-state index is 0.0647. The number of rotatable bonds is 5. The van der Waals surface area contributed by atoms with Gasteiger partial charge in [0.25, 0.3) is 0 Å². The summed E-state index contributed by atoms with van der Waals surface area (Å²) >= 11 is 0. The number of benzene rings is 1. The first-order chi connectivity index (χ1) is 13.0. The molecule has 3 rings (SSSR count). The second-order valence-corrected chi connectivity index (χ2v) is 9.46. The molecule has 1 saturated carbocycles. The van der Waals surface area contributed by atoms with E-state index in [0.717, 1.165) is 17.7 Å². The highest BCUT2D eigenvalue weighted by Gasteiger charge is 2.50. The quantitative estimate of drug-likeness (QED) is 0.578. The molecule has 0 bridgehead atoms. The molecule has 2 atom stereocenters. The van der Waals surface area contributed by atoms with Crippen LogP contribution in [0.25, 0.3) is 0 Å². The maximum atomic E-state index is 12.7. The maximum absolute atomic E-state index is 12.7. The Balaban J connectivity index is 1.91. The summed E-state index contributed by atoms with van der Waals surface area (Å²) in [7, 11) is 0. The highest BCUT2D eigenvalue weighted by molar-refractivity contribution is 5.98. The zero-order chi connectivity index (χ0) is 20.9. The summed E-state index contributed by atoms with van der Waals surface area (Å²) in [5.41, 5.74) is 4.22. The van der Waals surface area contributed by atoms with Crippen molar-refractivity contribution >= 4 is 17.6 Å². The average Bonchev–Trinajstić information content (AvgIpc) is 3.23. The number of fused-ring (bicyclic) bond motifs is 1. The third-order valence-electron chi connectivity index (χ3n) is 6.27. The molecule has 0 spiro atoms. The summed E-state index contributed by atoms with van der Waals surface area (Å²) < 4.78 is 0. The molecule has 4 nitrogen and oxygen atoms in total. The Bertz CT molecular complexity index is 878. The molecule has 28 heavy (non-hydrogen) atoms. The number of nitrogens with zero attached hydrogens (tertiary/aromatic N) is 1. The maximum Gasteiger partial charge on any atom is 0.328 e. The first kappa shape index (κ1) is 20.4. The van der Waals surface area contributed by atoms with Gasteiger partial charge < -0.3 is 10.0 Å². The van der Waals surface area contributed by atoms with Crippen LogP contribution < -0.4 is 4.90 Å². The van der Waals surface area contributed by atoms with Gasteiger partial charge in [-0.05, 0) is 61.3 Å². The zero-order valence-electron chi connectivity index (χ0n) is 17.7. The minimum atomic E-state index is -0.915. The summed E-state index contributed by atoms with van der Waals surface area (Å²) in [6.07, 6.45) is 6.85. The van der Waals surface area contributed by atoms with Crippen molar-refractivity contribution in [1.29, 1.82) is 0 Å². The van der Waals surface area contributed by atoms with Gasteiger partial charge in [-0.3, -0.25) is 4.79 Å². The van der Waals surface area contributed by atoms with E-state index < -0.39 is 5.97 Å². The van der Waals surface area contributed by atoms with Gasteiger partial charge in [0, 0.05) is 29.6 Å². The highest BCUT2D eigenvalue weighted by Crippen LogP contribution is 2.56. The molecule has 0 saturated heterocycles. The van der Waals surface area contributed by atoms with Crippen LogP contribution >= 0.6 is 0 Å². The SMILES string of the molecule is CC(C=C[C@@H]1C[C@]1(C)c1ccc2c(c1)C(C)(C)CC(=O)N2C(C)C)=CC(=O)O. The van der Waals surface area contributed by atoms with E-state index in [1.165, 1.54) is 17.2 Å². The largest absolute Gasteiger partial charge is 0.478 e. The summed E-state index contributed by atoms with van der Waals surface area (Å²) in [5, 5.41) is 8.85. The van der Waals surface area contributed by atoms with Gasteiger partial charge in [0.2, 0.25) is 5.91 Å². The third-order valence-corrected chi connectivity index (χ3v) is 6.27. The molecular formula is C24H31NO3. The predicted octanol–water partition coefficient (Wildman–Crippen LogP) is 4.97. The number of carboxylic acid groups (broad SMARTS) is 1. The van der Waals surface area contributed by atoms with E-state index >= 15 is 0 Å². The number of carboxylic acids is 1. The predicted molar refractivity (Wildman–Crippen MR) is 113 cm³/mol. The molecule has 1 N–H and O–H groups in total. The number of carbonyl (C=O) groups excluding carboxylic acids is 1. The fraction of sp³-hybridized carbons (Fsp3) is 0.500. The van der Waals surface area contributed by atoms with Crippen LogP contribution in [0.4, 0.5) is 5.69 Å². The topological polar surface area (TPSA) is 57.6 Å². The summed E-state index contributed by atoms with van der Waals surface area (Å²) in [6.45, 7) is 12.5. The Labute approximate surface area is 167 Å². The zero-order valence-corrected chi connectivity index (χ0v) is 17.7. The van der Waals surface area contributed by atoms with Crippen molar-refractivity contribution in [3.8, 4) is 0 Å². The first-order valence-corrected chi connectivity index (χ1v) is 10.0. The van der Waals surface area contributed by atoms with Crippen LogP contribution in [0.3, 0.4) is 0 Å². The number of allylic oxidation sites excluding steroid dienone is 3. The third kappa shape index (κ3) is 3.65. The van der Waals surface area contributed by atoms with E-state index in [1.807, 2.05) is 17.9 Å². The Kier molecular flexibility index (Phi) is 5.03. The number of aliphatic carboxylic acids is 1.